The summed E-state index contributed by atoms with van der Waals surface area (Å²) in [6.45, 7) is 5.36. The Kier molecular flexibility index (Phi) is 2.06. The van der Waals surface area contributed by atoms with E-state index in [-0.39, 0.29) is 18.8 Å². The van der Waals surface area contributed by atoms with Gasteiger partial charge in [-0.3, -0.25) is 0 Å². The van der Waals surface area contributed by atoms with E-state index in [4.69, 9.17) is 9.84 Å². The molecule has 0 amide bonds. The van der Waals surface area contributed by atoms with Crippen LogP contribution in [0.15, 0.2) is 17.6 Å². The summed E-state index contributed by atoms with van der Waals surface area (Å²) >= 11 is 0. The summed E-state index contributed by atoms with van der Waals surface area (Å²) in [6.07, 6.45) is 1.52. The summed E-state index contributed by atoms with van der Waals surface area (Å²) in [4.78, 5) is 4.03. The highest BCUT2D eigenvalue weighted by Gasteiger charge is 2.25. The summed E-state index contributed by atoms with van der Waals surface area (Å²) in [7, 11) is 0. The van der Waals surface area contributed by atoms with Crippen molar-refractivity contribution in [3.05, 3.63) is 12.7 Å². The molecule has 56 valence electrons. The van der Waals surface area contributed by atoms with Crippen LogP contribution in [0.25, 0.3) is 0 Å². The van der Waals surface area contributed by atoms with Crippen molar-refractivity contribution in [3.63, 3.8) is 0 Å². The Hall–Kier alpha value is -0.830. The van der Waals surface area contributed by atoms with Gasteiger partial charge >= 0.3 is 0 Å². The number of hydrogen-bond acceptors (Lipinski definition) is 3. The van der Waals surface area contributed by atoms with Crippen LogP contribution in [0, 0.1) is 0 Å². The van der Waals surface area contributed by atoms with E-state index >= 15 is 0 Å². The normalized spacial score (nSPS) is 31.2. The quantitative estimate of drug-likeness (QED) is 0.564. The molecule has 0 bridgehead atoms. The molecule has 0 aromatic carbocycles. The highest BCUT2D eigenvalue weighted by atomic mass is 16.5. The molecule has 2 unspecified atom stereocenters. The molecule has 0 radical (unpaired) electrons. The van der Waals surface area contributed by atoms with Crippen LogP contribution in [-0.2, 0) is 4.74 Å². The average molecular weight is 141 g/mol. The van der Waals surface area contributed by atoms with Crippen LogP contribution in [0.4, 0.5) is 0 Å². The molecule has 2 atom stereocenters. The standard InChI is InChI=1S/C7H11NO2/c1-3-7-6(4-9)8-5(2)10-7/h3,6-7,9H,1,4H2,2H3. The lowest BCUT2D eigenvalue weighted by molar-refractivity contribution is 0.183. The van der Waals surface area contributed by atoms with Gasteiger partial charge < -0.3 is 9.84 Å². The molecule has 1 aliphatic heterocycles. The van der Waals surface area contributed by atoms with Gasteiger partial charge in [-0.1, -0.05) is 6.58 Å². The first-order valence-electron chi connectivity index (χ1n) is 3.22. The van der Waals surface area contributed by atoms with E-state index in [0.29, 0.717) is 5.90 Å². The fourth-order valence-corrected chi connectivity index (χ4v) is 0.963. The summed E-state index contributed by atoms with van der Waals surface area (Å²) in [5.74, 6) is 0.629. The molecule has 0 saturated heterocycles. The van der Waals surface area contributed by atoms with Crippen LogP contribution in [0.2, 0.25) is 0 Å². The maximum absolute atomic E-state index is 8.75. The zero-order valence-electron chi connectivity index (χ0n) is 5.95. The van der Waals surface area contributed by atoms with Gasteiger partial charge in [0, 0.05) is 6.92 Å². The van der Waals surface area contributed by atoms with Crippen LogP contribution < -0.4 is 0 Å². The van der Waals surface area contributed by atoms with Gasteiger partial charge in [-0.15, -0.1) is 0 Å². The molecular formula is C7H11NO2. The minimum absolute atomic E-state index is 0.0219. The number of aliphatic hydroxyl groups excluding tert-OH is 1. The lowest BCUT2D eigenvalue weighted by Gasteiger charge is -2.09. The molecule has 0 fully saturated rings. The molecule has 1 aliphatic rings. The largest absolute Gasteiger partial charge is 0.471 e. The molecule has 1 heterocycles. The number of ether oxygens (including phenoxy) is 1. The summed E-state index contributed by atoms with van der Waals surface area (Å²) in [6, 6.07) is -0.141. The topological polar surface area (TPSA) is 41.8 Å². The molecule has 0 saturated carbocycles. The Bertz CT molecular complexity index is 165. The second kappa shape index (κ2) is 2.84. The van der Waals surface area contributed by atoms with Gasteiger partial charge in [0.25, 0.3) is 0 Å². The first-order chi connectivity index (χ1) is 4.77. The average Bonchev–Trinajstić information content (AvgIpc) is 2.30. The smallest absolute Gasteiger partial charge is 0.181 e. The van der Waals surface area contributed by atoms with Crippen molar-refractivity contribution in [2.75, 3.05) is 6.61 Å². The number of rotatable bonds is 2. The number of hydrogen-bond donors (Lipinski definition) is 1. The predicted molar refractivity (Wildman–Crippen MR) is 39.1 cm³/mol. The molecule has 1 N–H and O–H groups in total. The van der Waals surface area contributed by atoms with Crippen molar-refractivity contribution in [3.8, 4) is 0 Å². The second-order valence-corrected chi connectivity index (χ2v) is 2.22. The Morgan fingerprint density at radius 2 is 2.60 bits per heavy atom. The van der Waals surface area contributed by atoms with Crippen molar-refractivity contribution >= 4 is 5.90 Å². The monoisotopic (exact) mass is 141 g/mol. The van der Waals surface area contributed by atoms with E-state index in [9.17, 15) is 0 Å². The molecular weight excluding hydrogens is 130 g/mol. The van der Waals surface area contributed by atoms with Crippen molar-refractivity contribution in [1.29, 1.82) is 0 Å². The fraction of sp³-hybridized carbons (Fsp3) is 0.571. The number of nitrogens with zero attached hydrogens (tertiary/aromatic N) is 1. The maximum Gasteiger partial charge on any atom is 0.181 e. The van der Waals surface area contributed by atoms with Gasteiger partial charge in [0.05, 0.1) is 6.61 Å². The van der Waals surface area contributed by atoms with Crippen LogP contribution in [0.5, 0.6) is 0 Å². The Labute approximate surface area is 60.0 Å². The van der Waals surface area contributed by atoms with Crippen LogP contribution in [-0.4, -0.2) is 29.8 Å². The lowest BCUT2D eigenvalue weighted by Crippen LogP contribution is -2.22. The second-order valence-electron chi connectivity index (χ2n) is 2.22. The molecule has 3 nitrogen and oxygen atoms in total. The van der Waals surface area contributed by atoms with Crippen molar-refractivity contribution in [2.45, 2.75) is 19.1 Å². The van der Waals surface area contributed by atoms with Crippen molar-refractivity contribution < 1.29 is 9.84 Å². The van der Waals surface area contributed by atoms with Crippen LogP contribution >= 0.6 is 0 Å². The molecule has 0 aliphatic carbocycles. The van der Waals surface area contributed by atoms with Crippen molar-refractivity contribution in [1.82, 2.24) is 0 Å². The first kappa shape index (κ1) is 7.28. The highest BCUT2D eigenvalue weighted by Crippen LogP contribution is 2.13. The van der Waals surface area contributed by atoms with Crippen molar-refractivity contribution in [2.24, 2.45) is 4.99 Å². The van der Waals surface area contributed by atoms with Crippen LogP contribution in [0.3, 0.4) is 0 Å². The zero-order valence-corrected chi connectivity index (χ0v) is 5.95. The van der Waals surface area contributed by atoms with Gasteiger partial charge in [-0.25, -0.2) is 4.99 Å². The Balaban J connectivity index is 2.60. The van der Waals surface area contributed by atoms with Gasteiger partial charge in [0.2, 0.25) is 0 Å². The van der Waals surface area contributed by atoms with E-state index in [1.165, 1.54) is 0 Å². The summed E-state index contributed by atoms with van der Waals surface area (Å²) in [5, 5.41) is 8.75. The molecule has 0 spiro atoms. The van der Waals surface area contributed by atoms with Crippen LogP contribution in [0.1, 0.15) is 6.92 Å². The third-order valence-corrected chi connectivity index (χ3v) is 1.45. The van der Waals surface area contributed by atoms with E-state index in [0.717, 1.165) is 0 Å². The highest BCUT2D eigenvalue weighted by molar-refractivity contribution is 5.75. The Morgan fingerprint density at radius 3 is 3.00 bits per heavy atom. The molecule has 10 heavy (non-hydrogen) atoms. The molecule has 3 heteroatoms. The van der Waals surface area contributed by atoms with Gasteiger partial charge in [-0.05, 0) is 6.08 Å². The van der Waals surface area contributed by atoms with Gasteiger partial charge in [-0.2, -0.15) is 0 Å². The zero-order chi connectivity index (χ0) is 7.56. The first-order valence-corrected chi connectivity index (χ1v) is 3.22. The molecule has 0 aromatic rings. The minimum atomic E-state index is -0.141. The third-order valence-electron chi connectivity index (χ3n) is 1.45. The lowest BCUT2D eigenvalue weighted by atomic mass is 10.2. The summed E-state index contributed by atoms with van der Waals surface area (Å²) < 4.78 is 5.19. The predicted octanol–water partition coefficient (Wildman–Crippen LogP) is 0.350. The maximum atomic E-state index is 8.75. The van der Waals surface area contributed by atoms with E-state index < -0.39 is 0 Å². The van der Waals surface area contributed by atoms with E-state index in [2.05, 4.69) is 11.6 Å². The molecule has 1 rings (SSSR count). The third kappa shape index (κ3) is 1.19. The van der Waals surface area contributed by atoms with Gasteiger partial charge in [0.15, 0.2) is 5.90 Å². The van der Waals surface area contributed by atoms with E-state index in [1.807, 2.05) is 0 Å². The Morgan fingerprint density at radius 1 is 1.90 bits per heavy atom. The van der Waals surface area contributed by atoms with Gasteiger partial charge in [0.1, 0.15) is 12.1 Å². The SMILES string of the molecule is C=CC1OC(C)=NC1CO. The number of aliphatic hydroxyl groups is 1. The number of aliphatic imine (C=N–C) groups is 1. The fourth-order valence-electron chi connectivity index (χ4n) is 0.963. The van der Waals surface area contributed by atoms with E-state index in [1.54, 1.807) is 13.0 Å². The molecule has 0 aromatic heterocycles. The summed E-state index contributed by atoms with van der Waals surface area (Å²) in [5.41, 5.74) is 0. The minimum Gasteiger partial charge on any atom is -0.471 e.